The molecule has 3 aromatic rings. The fraction of sp³-hybridized carbons (Fsp3) is 0.0476. The molecule has 0 saturated carbocycles. The third kappa shape index (κ3) is 5.02. The van der Waals surface area contributed by atoms with Gasteiger partial charge in [-0.15, -0.1) is 0 Å². The highest BCUT2D eigenvalue weighted by atomic mass is 35.5. The van der Waals surface area contributed by atoms with E-state index in [-0.39, 0.29) is 16.7 Å². The Morgan fingerprint density at radius 1 is 1.07 bits per heavy atom. The second kappa shape index (κ2) is 8.92. The van der Waals surface area contributed by atoms with Crippen LogP contribution in [0.5, 0.6) is 17.2 Å². The van der Waals surface area contributed by atoms with Crippen LogP contribution in [0, 0.1) is 0 Å². The summed E-state index contributed by atoms with van der Waals surface area (Å²) in [5.74, 6) is -0.382. The second-order valence-corrected chi connectivity index (χ2v) is 6.28. The van der Waals surface area contributed by atoms with Crippen LogP contribution in [0.4, 0.5) is 0 Å². The number of benzene rings is 3. The molecular weight excluding hydrogens is 380 g/mol. The quantitative estimate of drug-likeness (QED) is 0.332. The van der Waals surface area contributed by atoms with Crippen molar-refractivity contribution in [3.63, 3.8) is 0 Å². The molecule has 28 heavy (non-hydrogen) atoms. The molecule has 0 spiro atoms. The number of phenols is 2. The minimum Gasteiger partial charge on any atom is -0.504 e. The van der Waals surface area contributed by atoms with Crippen LogP contribution in [0.15, 0.2) is 71.8 Å². The van der Waals surface area contributed by atoms with E-state index in [4.69, 9.17) is 16.3 Å². The lowest BCUT2D eigenvalue weighted by Crippen LogP contribution is -2.17. The van der Waals surface area contributed by atoms with Crippen molar-refractivity contribution in [2.75, 3.05) is 0 Å². The molecule has 0 bridgehead atoms. The molecule has 6 nitrogen and oxygen atoms in total. The molecule has 0 atom stereocenters. The average molecular weight is 397 g/mol. The summed E-state index contributed by atoms with van der Waals surface area (Å²) >= 11 is 5.77. The third-order valence-electron chi connectivity index (χ3n) is 3.81. The summed E-state index contributed by atoms with van der Waals surface area (Å²) in [6, 6.07) is 19.1. The number of hydrogen-bond acceptors (Lipinski definition) is 5. The molecule has 0 aliphatic heterocycles. The van der Waals surface area contributed by atoms with E-state index in [2.05, 4.69) is 10.5 Å². The second-order valence-electron chi connectivity index (χ2n) is 5.87. The molecule has 3 aromatic carbocycles. The van der Waals surface area contributed by atoms with Crippen molar-refractivity contribution in [1.29, 1.82) is 0 Å². The molecule has 0 unspecified atom stereocenters. The largest absolute Gasteiger partial charge is 0.504 e. The first-order valence-electron chi connectivity index (χ1n) is 8.34. The van der Waals surface area contributed by atoms with Gasteiger partial charge in [0, 0.05) is 5.56 Å². The van der Waals surface area contributed by atoms with Gasteiger partial charge in [0.2, 0.25) is 0 Å². The summed E-state index contributed by atoms with van der Waals surface area (Å²) < 4.78 is 5.66. The fourth-order valence-corrected chi connectivity index (χ4v) is 2.57. The molecule has 7 heteroatoms. The van der Waals surface area contributed by atoms with Gasteiger partial charge in [-0.05, 0) is 47.5 Å². The van der Waals surface area contributed by atoms with Crippen molar-refractivity contribution < 1.29 is 19.7 Å². The molecule has 0 saturated heterocycles. The number of hydrogen-bond donors (Lipinski definition) is 3. The van der Waals surface area contributed by atoms with E-state index in [0.29, 0.717) is 17.7 Å². The van der Waals surface area contributed by atoms with Crippen LogP contribution in [0.2, 0.25) is 5.02 Å². The van der Waals surface area contributed by atoms with Crippen LogP contribution < -0.4 is 10.2 Å². The Balaban J connectivity index is 1.56. The van der Waals surface area contributed by atoms with Gasteiger partial charge in [0.05, 0.1) is 11.2 Å². The first-order valence-corrected chi connectivity index (χ1v) is 8.72. The zero-order valence-electron chi connectivity index (χ0n) is 14.7. The molecule has 0 fully saturated rings. The van der Waals surface area contributed by atoms with Gasteiger partial charge in [-0.25, -0.2) is 5.43 Å². The summed E-state index contributed by atoms with van der Waals surface area (Å²) in [5, 5.41) is 22.7. The molecule has 1 amide bonds. The average Bonchev–Trinajstić information content (AvgIpc) is 2.71. The van der Waals surface area contributed by atoms with Crippen molar-refractivity contribution >= 4 is 23.7 Å². The Bertz CT molecular complexity index is 966. The fourth-order valence-electron chi connectivity index (χ4n) is 2.35. The molecule has 0 aliphatic rings. The minimum absolute atomic E-state index is 0.0129. The molecule has 0 aliphatic carbocycles. The lowest BCUT2D eigenvalue weighted by molar-refractivity contribution is 0.0955. The number of para-hydroxylation sites is 1. The third-order valence-corrected chi connectivity index (χ3v) is 4.10. The maximum atomic E-state index is 12.1. The van der Waals surface area contributed by atoms with Crippen LogP contribution in [0.3, 0.4) is 0 Å². The number of nitrogens with one attached hydrogen (secondary N) is 1. The van der Waals surface area contributed by atoms with E-state index in [9.17, 15) is 15.0 Å². The van der Waals surface area contributed by atoms with Gasteiger partial charge in [-0.2, -0.15) is 5.10 Å². The van der Waals surface area contributed by atoms with E-state index in [1.165, 1.54) is 18.3 Å². The van der Waals surface area contributed by atoms with Crippen molar-refractivity contribution in [1.82, 2.24) is 5.43 Å². The normalized spacial score (nSPS) is 10.8. The first-order chi connectivity index (χ1) is 13.5. The zero-order valence-corrected chi connectivity index (χ0v) is 15.4. The van der Waals surface area contributed by atoms with Gasteiger partial charge in [0.15, 0.2) is 11.5 Å². The lowest BCUT2D eigenvalue weighted by Gasteiger charge is -2.07. The van der Waals surface area contributed by atoms with Gasteiger partial charge in [0.25, 0.3) is 5.91 Å². The monoisotopic (exact) mass is 396 g/mol. The maximum absolute atomic E-state index is 12.1. The Hall–Kier alpha value is -3.51. The number of nitrogens with zero attached hydrogens (tertiary/aromatic N) is 1. The van der Waals surface area contributed by atoms with Crippen molar-refractivity contribution in [2.24, 2.45) is 5.10 Å². The van der Waals surface area contributed by atoms with E-state index < -0.39 is 5.75 Å². The highest BCUT2D eigenvalue weighted by molar-refractivity contribution is 6.32. The number of carbonyl (C=O) groups is 1. The number of phenolic OH excluding ortho intramolecular Hbond substituents is 2. The molecule has 0 aromatic heterocycles. The summed E-state index contributed by atoms with van der Waals surface area (Å²) in [4.78, 5) is 12.1. The predicted molar refractivity (Wildman–Crippen MR) is 107 cm³/mol. The predicted octanol–water partition coefficient (Wildman–Crippen LogP) is 4.09. The Kier molecular flexibility index (Phi) is 6.14. The molecule has 142 valence electrons. The van der Waals surface area contributed by atoms with Gasteiger partial charge in [0.1, 0.15) is 12.4 Å². The number of halogens is 1. The number of aromatic hydroxyl groups is 2. The topological polar surface area (TPSA) is 91.2 Å². The Morgan fingerprint density at radius 2 is 1.79 bits per heavy atom. The number of hydrazone groups is 1. The van der Waals surface area contributed by atoms with Gasteiger partial charge in [-0.1, -0.05) is 41.9 Å². The molecule has 0 heterocycles. The molecule has 0 radical (unpaired) electrons. The zero-order chi connectivity index (χ0) is 19.9. The summed E-state index contributed by atoms with van der Waals surface area (Å²) in [7, 11) is 0. The molecule has 3 rings (SSSR count). The van der Waals surface area contributed by atoms with Gasteiger partial charge < -0.3 is 14.9 Å². The number of rotatable bonds is 6. The van der Waals surface area contributed by atoms with E-state index in [1.807, 2.05) is 30.3 Å². The number of carbonyl (C=O) groups excluding carboxylic acids is 1. The van der Waals surface area contributed by atoms with Crippen LogP contribution in [0.25, 0.3) is 0 Å². The van der Waals surface area contributed by atoms with Crippen molar-refractivity contribution in [3.8, 4) is 17.2 Å². The highest BCUT2D eigenvalue weighted by Gasteiger charge is 2.07. The van der Waals surface area contributed by atoms with Crippen LogP contribution >= 0.6 is 11.6 Å². The summed E-state index contributed by atoms with van der Waals surface area (Å²) in [6.45, 7) is 0.398. The number of amides is 1. The van der Waals surface area contributed by atoms with Gasteiger partial charge in [-0.3, -0.25) is 4.79 Å². The standard InChI is InChI=1S/C21H17ClN2O4/c22-18-10-15(11-19(25)20(18)26)12-23-24-21(27)16-8-6-14(7-9-16)13-28-17-4-2-1-3-5-17/h1-12,25-26H,13H2,(H,24,27)/b23-12+. The summed E-state index contributed by atoms with van der Waals surface area (Å²) in [6.07, 6.45) is 1.31. The van der Waals surface area contributed by atoms with E-state index >= 15 is 0 Å². The maximum Gasteiger partial charge on any atom is 0.271 e. The van der Waals surface area contributed by atoms with Crippen LogP contribution in [-0.4, -0.2) is 22.3 Å². The smallest absolute Gasteiger partial charge is 0.271 e. The first kappa shape index (κ1) is 19.3. The SMILES string of the molecule is O=C(N/N=C/c1cc(O)c(O)c(Cl)c1)c1ccc(COc2ccccc2)cc1. The highest BCUT2D eigenvalue weighted by Crippen LogP contribution is 2.33. The Labute approximate surface area is 166 Å². The van der Waals surface area contributed by atoms with Crippen molar-refractivity contribution in [2.45, 2.75) is 6.61 Å². The van der Waals surface area contributed by atoms with Gasteiger partial charge >= 0.3 is 0 Å². The Morgan fingerprint density at radius 3 is 2.46 bits per heavy atom. The van der Waals surface area contributed by atoms with E-state index in [0.717, 1.165) is 11.3 Å². The lowest BCUT2D eigenvalue weighted by atomic mass is 10.1. The van der Waals surface area contributed by atoms with Crippen LogP contribution in [0.1, 0.15) is 21.5 Å². The number of ether oxygens (including phenoxy) is 1. The van der Waals surface area contributed by atoms with Crippen LogP contribution in [-0.2, 0) is 6.61 Å². The van der Waals surface area contributed by atoms with E-state index in [1.54, 1.807) is 24.3 Å². The molecule has 3 N–H and O–H groups in total. The minimum atomic E-state index is -0.404. The van der Waals surface area contributed by atoms with Crippen molar-refractivity contribution in [3.05, 3.63) is 88.4 Å². The molecular formula is C21H17ClN2O4. The summed E-state index contributed by atoms with van der Waals surface area (Å²) in [5.41, 5.74) is 4.18.